The standard InChI is InChI=1S/C32H34F4O2/c1-3-5-6-7-22-8-18-28(38-21-22)26-15-11-24(12-16-26)23-9-13-25(14-10-23)27-17-19-29(37-20-4-2)31(33)30(27)32(34,35)36/h4,9-17,19,22,28H,2-3,5-8,18,20-21H2,1H3. The molecule has 3 aromatic rings. The number of halogens is 4. The third kappa shape index (κ3) is 6.65. The number of ether oxygens (including phenoxy) is 2. The van der Waals surface area contributed by atoms with Crippen molar-refractivity contribution in [3.63, 3.8) is 0 Å². The summed E-state index contributed by atoms with van der Waals surface area (Å²) in [6.07, 6.45) is 3.78. The fraction of sp³-hybridized carbons (Fsp3) is 0.375. The van der Waals surface area contributed by atoms with Gasteiger partial charge in [0, 0.05) is 0 Å². The summed E-state index contributed by atoms with van der Waals surface area (Å²) in [5.74, 6) is -1.22. The van der Waals surface area contributed by atoms with Gasteiger partial charge >= 0.3 is 6.18 Å². The zero-order valence-corrected chi connectivity index (χ0v) is 21.7. The van der Waals surface area contributed by atoms with E-state index in [2.05, 4.69) is 25.6 Å². The molecule has 2 atom stereocenters. The van der Waals surface area contributed by atoms with E-state index in [4.69, 9.17) is 9.47 Å². The van der Waals surface area contributed by atoms with Gasteiger partial charge in [0.25, 0.3) is 0 Å². The van der Waals surface area contributed by atoms with Crippen LogP contribution in [-0.2, 0) is 10.9 Å². The van der Waals surface area contributed by atoms with Crippen molar-refractivity contribution in [3.8, 4) is 28.0 Å². The van der Waals surface area contributed by atoms with Crippen LogP contribution >= 0.6 is 0 Å². The summed E-state index contributed by atoms with van der Waals surface area (Å²) in [6.45, 7) is 6.38. The molecule has 6 heteroatoms. The lowest BCUT2D eigenvalue weighted by Crippen LogP contribution is -2.20. The summed E-state index contributed by atoms with van der Waals surface area (Å²) in [5.41, 5.74) is 1.66. The van der Waals surface area contributed by atoms with E-state index in [1.807, 2.05) is 12.1 Å². The molecule has 0 amide bonds. The smallest absolute Gasteiger partial charge is 0.419 e. The number of benzene rings is 3. The average molecular weight is 527 g/mol. The topological polar surface area (TPSA) is 18.5 Å². The van der Waals surface area contributed by atoms with Gasteiger partial charge in [0.15, 0.2) is 11.6 Å². The highest BCUT2D eigenvalue weighted by atomic mass is 19.4. The Labute approximate surface area is 222 Å². The molecule has 0 spiro atoms. The first kappa shape index (κ1) is 27.9. The van der Waals surface area contributed by atoms with Crippen LogP contribution in [0.3, 0.4) is 0 Å². The first-order valence-corrected chi connectivity index (χ1v) is 13.3. The Hall–Kier alpha value is -3.12. The molecular formula is C32H34F4O2. The van der Waals surface area contributed by atoms with Gasteiger partial charge < -0.3 is 9.47 Å². The molecule has 0 aromatic heterocycles. The van der Waals surface area contributed by atoms with Gasteiger partial charge in [-0.25, -0.2) is 4.39 Å². The molecule has 0 aliphatic carbocycles. The van der Waals surface area contributed by atoms with E-state index in [0.29, 0.717) is 5.92 Å². The van der Waals surface area contributed by atoms with E-state index in [-0.39, 0.29) is 23.8 Å². The molecule has 1 aliphatic rings. The van der Waals surface area contributed by atoms with E-state index in [1.54, 1.807) is 24.3 Å². The van der Waals surface area contributed by atoms with Crippen LogP contribution in [0.5, 0.6) is 5.75 Å². The second-order valence-corrected chi connectivity index (χ2v) is 9.86. The molecule has 202 valence electrons. The Kier molecular flexibility index (Phi) is 9.26. The second-order valence-electron chi connectivity index (χ2n) is 9.86. The maximum Gasteiger partial charge on any atom is 0.419 e. The molecular weight excluding hydrogens is 492 g/mol. The summed E-state index contributed by atoms with van der Waals surface area (Å²) in [6, 6.07) is 17.3. The molecule has 0 N–H and O–H groups in total. The number of hydrogen-bond acceptors (Lipinski definition) is 2. The minimum atomic E-state index is -4.88. The van der Waals surface area contributed by atoms with E-state index < -0.39 is 23.3 Å². The second kappa shape index (κ2) is 12.6. The Balaban J connectivity index is 1.47. The average Bonchev–Trinajstić information content (AvgIpc) is 2.92. The fourth-order valence-electron chi connectivity index (χ4n) is 5.05. The SMILES string of the molecule is C=CCOc1ccc(-c2ccc(-c3ccc(C4CCC(CCCCC)CO4)cc3)cc2)c(C(F)(F)F)c1F. The van der Waals surface area contributed by atoms with E-state index in [9.17, 15) is 17.6 Å². The van der Waals surface area contributed by atoms with Gasteiger partial charge in [0.2, 0.25) is 0 Å². The predicted molar refractivity (Wildman–Crippen MR) is 144 cm³/mol. The van der Waals surface area contributed by atoms with Gasteiger partial charge in [0.1, 0.15) is 12.2 Å². The van der Waals surface area contributed by atoms with Crippen molar-refractivity contribution in [2.24, 2.45) is 5.92 Å². The van der Waals surface area contributed by atoms with E-state index >= 15 is 0 Å². The molecule has 0 saturated carbocycles. The molecule has 1 saturated heterocycles. The lowest BCUT2D eigenvalue weighted by molar-refractivity contribution is -0.139. The maximum absolute atomic E-state index is 14.8. The Morgan fingerprint density at radius 1 is 0.921 bits per heavy atom. The highest BCUT2D eigenvalue weighted by Crippen LogP contribution is 2.42. The van der Waals surface area contributed by atoms with Crippen molar-refractivity contribution in [2.75, 3.05) is 13.2 Å². The summed E-state index contributed by atoms with van der Waals surface area (Å²) < 4.78 is 67.4. The van der Waals surface area contributed by atoms with E-state index in [0.717, 1.165) is 29.7 Å². The van der Waals surface area contributed by atoms with Gasteiger partial charge in [0.05, 0.1) is 12.7 Å². The number of unbranched alkanes of at least 4 members (excludes halogenated alkanes) is 2. The minimum absolute atomic E-state index is 0.0898. The van der Waals surface area contributed by atoms with Crippen LogP contribution in [0.2, 0.25) is 0 Å². The molecule has 3 aromatic carbocycles. The van der Waals surface area contributed by atoms with Crippen LogP contribution in [0.15, 0.2) is 73.3 Å². The maximum atomic E-state index is 14.8. The normalized spacial score (nSPS) is 17.8. The highest BCUT2D eigenvalue weighted by Gasteiger charge is 2.38. The molecule has 4 rings (SSSR count). The lowest BCUT2D eigenvalue weighted by Gasteiger charge is -2.29. The van der Waals surface area contributed by atoms with Crippen molar-refractivity contribution >= 4 is 0 Å². The summed E-state index contributed by atoms with van der Waals surface area (Å²) in [5, 5.41) is 0. The van der Waals surface area contributed by atoms with Gasteiger partial charge in [-0.3, -0.25) is 0 Å². The third-order valence-corrected chi connectivity index (χ3v) is 7.14. The number of alkyl halides is 3. The first-order valence-electron chi connectivity index (χ1n) is 13.3. The highest BCUT2D eigenvalue weighted by molar-refractivity contribution is 5.73. The van der Waals surface area contributed by atoms with Crippen molar-refractivity contribution in [3.05, 3.63) is 90.3 Å². The van der Waals surface area contributed by atoms with Crippen LogP contribution < -0.4 is 4.74 Å². The summed E-state index contributed by atoms with van der Waals surface area (Å²) in [7, 11) is 0. The largest absolute Gasteiger partial charge is 0.486 e. The summed E-state index contributed by atoms with van der Waals surface area (Å²) >= 11 is 0. The number of rotatable bonds is 10. The molecule has 1 fully saturated rings. The first-order chi connectivity index (χ1) is 18.3. The van der Waals surface area contributed by atoms with Crippen molar-refractivity contribution < 1.29 is 27.0 Å². The van der Waals surface area contributed by atoms with E-state index in [1.165, 1.54) is 50.3 Å². The molecule has 1 heterocycles. The Morgan fingerprint density at radius 3 is 2.16 bits per heavy atom. The zero-order valence-electron chi connectivity index (χ0n) is 21.7. The monoisotopic (exact) mass is 526 g/mol. The third-order valence-electron chi connectivity index (χ3n) is 7.14. The van der Waals surface area contributed by atoms with Crippen LogP contribution in [0.4, 0.5) is 17.6 Å². The molecule has 2 nitrogen and oxygen atoms in total. The summed E-state index contributed by atoms with van der Waals surface area (Å²) in [4.78, 5) is 0. The number of hydrogen-bond donors (Lipinski definition) is 0. The predicted octanol–water partition coefficient (Wildman–Crippen LogP) is 9.79. The zero-order chi connectivity index (χ0) is 27.1. The molecule has 1 aliphatic heterocycles. The Bertz CT molecular complexity index is 1190. The van der Waals surface area contributed by atoms with Crippen molar-refractivity contribution in [1.82, 2.24) is 0 Å². The van der Waals surface area contributed by atoms with Gasteiger partial charge in [-0.15, -0.1) is 0 Å². The van der Waals surface area contributed by atoms with Gasteiger partial charge in [-0.2, -0.15) is 13.2 Å². The van der Waals surface area contributed by atoms with Crippen LogP contribution in [0.1, 0.15) is 62.7 Å². The quantitative estimate of drug-likeness (QED) is 0.149. The van der Waals surface area contributed by atoms with Crippen molar-refractivity contribution in [1.29, 1.82) is 0 Å². The molecule has 38 heavy (non-hydrogen) atoms. The molecule has 2 unspecified atom stereocenters. The fourth-order valence-corrected chi connectivity index (χ4v) is 5.05. The molecule has 0 bridgehead atoms. The van der Waals surface area contributed by atoms with Gasteiger partial charge in [-0.1, -0.05) is 87.4 Å². The van der Waals surface area contributed by atoms with Crippen LogP contribution in [0.25, 0.3) is 22.3 Å². The van der Waals surface area contributed by atoms with Gasteiger partial charge in [-0.05, 0) is 65.1 Å². The van der Waals surface area contributed by atoms with Crippen molar-refractivity contribution in [2.45, 2.75) is 57.7 Å². The minimum Gasteiger partial charge on any atom is -0.486 e. The van der Waals surface area contributed by atoms with Crippen LogP contribution in [0, 0.1) is 11.7 Å². The van der Waals surface area contributed by atoms with Crippen LogP contribution in [-0.4, -0.2) is 13.2 Å². The Morgan fingerprint density at radius 2 is 1.58 bits per heavy atom. The molecule has 0 radical (unpaired) electrons. The lowest BCUT2D eigenvalue weighted by atomic mass is 9.90.